The first-order valence-corrected chi connectivity index (χ1v) is 4.56. The minimum absolute atomic E-state index is 0.246. The molecule has 0 saturated carbocycles. The van der Waals surface area contributed by atoms with Gasteiger partial charge in [-0.15, -0.1) is 0 Å². The highest BCUT2D eigenvalue weighted by Gasteiger charge is 1.92. The summed E-state index contributed by atoms with van der Waals surface area (Å²) >= 11 is 0. The van der Waals surface area contributed by atoms with Crippen LogP contribution in [0.25, 0.3) is 0 Å². The molecule has 76 valence electrons. The molecule has 15 heavy (non-hydrogen) atoms. The normalized spacial score (nSPS) is 11.0. The summed E-state index contributed by atoms with van der Waals surface area (Å²) in [4.78, 5) is 4.24. The van der Waals surface area contributed by atoms with Crippen LogP contribution in [0.3, 0.4) is 0 Å². The largest absolute Gasteiger partial charge is 0.508 e. The number of hydrogen-bond donors (Lipinski definition) is 1. The quantitative estimate of drug-likeness (QED) is 0.754. The van der Waals surface area contributed by atoms with Gasteiger partial charge in [-0.1, -0.05) is 0 Å². The lowest BCUT2D eigenvalue weighted by Gasteiger charge is -1.92. The first kappa shape index (κ1) is 9.45. The fraction of sp³-hybridized carbons (Fsp3) is 0.0909. The van der Waals surface area contributed by atoms with E-state index in [-0.39, 0.29) is 5.75 Å². The van der Waals surface area contributed by atoms with E-state index in [1.165, 1.54) is 0 Å². The van der Waals surface area contributed by atoms with Gasteiger partial charge in [0.25, 0.3) is 0 Å². The van der Waals surface area contributed by atoms with Gasteiger partial charge in [0.2, 0.25) is 0 Å². The van der Waals surface area contributed by atoms with Crippen LogP contribution in [0, 0.1) is 0 Å². The van der Waals surface area contributed by atoms with Gasteiger partial charge in [-0.2, -0.15) is 5.10 Å². The van der Waals surface area contributed by atoms with E-state index < -0.39 is 0 Å². The van der Waals surface area contributed by atoms with Crippen LogP contribution in [-0.4, -0.2) is 21.1 Å². The molecule has 1 heterocycles. The zero-order valence-corrected chi connectivity index (χ0v) is 8.33. The van der Waals surface area contributed by atoms with Crippen molar-refractivity contribution in [2.45, 2.75) is 0 Å². The van der Waals surface area contributed by atoms with E-state index in [0.717, 1.165) is 11.3 Å². The lowest BCUT2D eigenvalue weighted by atomic mass is 10.3. The lowest BCUT2D eigenvalue weighted by Crippen LogP contribution is -1.84. The second-order valence-corrected chi connectivity index (χ2v) is 3.22. The summed E-state index contributed by atoms with van der Waals surface area (Å²) in [7, 11) is 1.86. The van der Waals surface area contributed by atoms with Crippen LogP contribution >= 0.6 is 0 Å². The van der Waals surface area contributed by atoms with Crippen molar-refractivity contribution >= 4 is 11.9 Å². The first-order chi connectivity index (χ1) is 7.24. The van der Waals surface area contributed by atoms with Crippen LogP contribution in [0.1, 0.15) is 5.56 Å². The summed E-state index contributed by atoms with van der Waals surface area (Å²) in [6, 6.07) is 6.72. The van der Waals surface area contributed by atoms with Gasteiger partial charge in [0.1, 0.15) is 5.75 Å². The number of rotatable bonds is 2. The summed E-state index contributed by atoms with van der Waals surface area (Å²) in [5, 5.41) is 13.1. The van der Waals surface area contributed by atoms with Crippen molar-refractivity contribution in [1.82, 2.24) is 9.78 Å². The zero-order valence-electron chi connectivity index (χ0n) is 8.33. The van der Waals surface area contributed by atoms with E-state index in [9.17, 15) is 0 Å². The minimum Gasteiger partial charge on any atom is -0.508 e. The van der Waals surface area contributed by atoms with E-state index in [0.29, 0.717) is 0 Å². The fourth-order valence-electron chi connectivity index (χ4n) is 1.19. The summed E-state index contributed by atoms with van der Waals surface area (Å²) in [5.74, 6) is 0.246. The summed E-state index contributed by atoms with van der Waals surface area (Å²) in [6.07, 6.45) is 5.35. The van der Waals surface area contributed by atoms with Gasteiger partial charge in [-0.25, -0.2) is 0 Å². The lowest BCUT2D eigenvalue weighted by molar-refractivity contribution is 0.475. The molecule has 0 radical (unpaired) electrons. The van der Waals surface area contributed by atoms with Gasteiger partial charge in [0.15, 0.2) is 0 Å². The van der Waals surface area contributed by atoms with Gasteiger partial charge in [0, 0.05) is 25.0 Å². The second-order valence-electron chi connectivity index (χ2n) is 3.22. The van der Waals surface area contributed by atoms with Crippen molar-refractivity contribution in [2.75, 3.05) is 0 Å². The molecule has 1 aromatic carbocycles. The summed E-state index contributed by atoms with van der Waals surface area (Å²) in [5.41, 5.74) is 1.75. The van der Waals surface area contributed by atoms with Gasteiger partial charge in [0.05, 0.1) is 11.9 Å². The molecule has 0 fully saturated rings. The van der Waals surface area contributed by atoms with E-state index in [1.54, 1.807) is 41.4 Å². The van der Waals surface area contributed by atoms with Crippen LogP contribution in [-0.2, 0) is 7.05 Å². The Balaban J connectivity index is 2.14. The molecule has 0 bridgehead atoms. The molecule has 1 aromatic heterocycles. The third-order valence-electron chi connectivity index (χ3n) is 1.94. The Hall–Kier alpha value is -2.10. The Kier molecular flexibility index (Phi) is 2.49. The molecule has 1 N–H and O–H groups in total. The predicted octanol–water partition coefficient (Wildman–Crippen LogP) is 1.88. The van der Waals surface area contributed by atoms with Crippen molar-refractivity contribution in [3.05, 3.63) is 42.2 Å². The zero-order chi connectivity index (χ0) is 10.7. The Morgan fingerprint density at radius 1 is 1.33 bits per heavy atom. The summed E-state index contributed by atoms with van der Waals surface area (Å²) in [6.45, 7) is 0. The Morgan fingerprint density at radius 3 is 2.67 bits per heavy atom. The Labute approximate surface area is 87.5 Å². The molecule has 4 heteroatoms. The molecule has 2 rings (SSSR count). The minimum atomic E-state index is 0.246. The summed E-state index contributed by atoms with van der Waals surface area (Å²) < 4.78 is 1.72. The number of phenols is 1. The molecule has 0 saturated heterocycles. The monoisotopic (exact) mass is 201 g/mol. The van der Waals surface area contributed by atoms with Crippen LogP contribution < -0.4 is 0 Å². The average Bonchev–Trinajstić information content (AvgIpc) is 2.64. The fourth-order valence-corrected chi connectivity index (χ4v) is 1.19. The van der Waals surface area contributed by atoms with Gasteiger partial charge >= 0.3 is 0 Å². The maximum absolute atomic E-state index is 9.08. The van der Waals surface area contributed by atoms with E-state index >= 15 is 0 Å². The number of hydrogen-bond acceptors (Lipinski definition) is 3. The van der Waals surface area contributed by atoms with Crippen molar-refractivity contribution in [3.63, 3.8) is 0 Å². The molecule has 4 nitrogen and oxygen atoms in total. The SMILES string of the molecule is Cn1cc(/C=N/c2ccc(O)cc2)cn1. The van der Waals surface area contributed by atoms with Crippen molar-refractivity contribution in [1.29, 1.82) is 0 Å². The number of nitrogens with zero attached hydrogens (tertiary/aromatic N) is 3. The highest BCUT2D eigenvalue weighted by Crippen LogP contribution is 2.16. The molecular weight excluding hydrogens is 190 g/mol. The van der Waals surface area contributed by atoms with Crippen molar-refractivity contribution in [3.8, 4) is 5.75 Å². The molecule has 0 aliphatic carbocycles. The number of aromatic nitrogens is 2. The standard InChI is InChI=1S/C11H11N3O/c1-14-8-9(7-13-14)6-12-10-2-4-11(15)5-3-10/h2-8,15H,1H3/b12-6+. The second kappa shape index (κ2) is 3.96. The number of aryl methyl sites for hydroxylation is 1. The Bertz CT molecular complexity index is 471. The van der Waals surface area contributed by atoms with Crippen LogP contribution in [0.2, 0.25) is 0 Å². The molecule has 0 unspecified atom stereocenters. The van der Waals surface area contributed by atoms with Gasteiger partial charge < -0.3 is 5.11 Å². The predicted molar refractivity (Wildman–Crippen MR) is 58.6 cm³/mol. The van der Waals surface area contributed by atoms with Crippen LogP contribution in [0.15, 0.2) is 41.7 Å². The average molecular weight is 201 g/mol. The maximum Gasteiger partial charge on any atom is 0.115 e. The highest BCUT2D eigenvalue weighted by atomic mass is 16.3. The van der Waals surface area contributed by atoms with E-state index in [1.807, 2.05) is 13.2 Å². The Morgan fingerprint density at radius 2 is 2.07 bits per heavy atom. The number of aromatic hydroxyl groups is 1. The van der Waals surface area contributed by atoms with Crippen molar-refractivity contribution in [2.24, 2.45) is 12.0 Å². The van der Waals surface area contributed by atoms with E-state index in [4.69, 9.17) is 5.11 Å². The van der Waals surface area contributed by atoms with E-state index in [2.05, 4.69) is 10.1 Å². The molecule has 0 atom stereocenters. The molecule has 2 aromatic rings. The third-order valence-corrected chi connectivity index (χ3v) is 1.94. The molecule has 0 spiro atoms. The number of aliphatic imine (C=N–C) groups is 1. The molecule has 0 aliphatic heterocycles. The molecular formula is C11H11N3O. The van der Waals surface area contributed by atoms with Crippen molar-refractivity contribution < 1.29 is 5.11 Å². The maximum atomic E-state index is 9.08. The number of benzene rings is 1. The first-order valence-electron chi connectivity index (χ1n) is 4.56. The molecule has 0 aliphatic rings. The topological polar surface area (TPSA) is 50.4 Å². The third kappa shape index (κ3) is 2.43. The molecule has 0 amide bonds. The smallest absolute Gasteiger partial charge is 0.115 e. The van der Waals surface area contributed by atoms with Crippen LogP contribution in [0.4, 0.5) is 5.69 Å². The van der Waals surface area contributed by atoms with Gasteiger partial charge in [-0.05, 0) is 24.3 Å². The van der Waals surface area contributed by atoms with Crippen LogP contribution in [0.5, 0.6) is 5.75 Å². The number of phenolic OH excluding ortho intramolecular Hbond substituents is 1. The highest BCUT2D eigenvalue weighted by molar-refractivity contribution is 5.81. The van der Waals surface area contributed by atoms with Gasteiger partial charge in [-0.3, -0.25) is 9.67 Å².